The molecule has 0 spiro atoms. The largest absolute Gasteiger partial charge is 0.494 e. The third-order valence-electron chi connectivity index (χ3n) is 5.10. The summed E-state index contributed by atoms with van der Waals surface area (Å²) in [5.74, 6) is 0.793. The van der Waals surface area contributed by atoms with Crippen LogP contribution < -0.4 is 15.6 Å². The quantitative estimate of drug-likeness (QED) is 0.742. The third kappa shape index (κ3) is 5.68. The van der Waals surface area contributed by atoms with Gasteiger partial charge in [-0.25, -0.2) is 4.68 Å². The van der Waals surface area contributed by atoms with E-state index in [9.17, 15) is 9.59 Å². The van der Waals surface area contributed by atoms with Gasteiger partial charge < -0.3 is 10.1 Å². The van der Waals surface area contributed by atoms with E-state index in [0.717, 1.165) is 24.2 Å². The van der Waals surface area contributed by atoms with Gasteiger partial charge >= 0.3 is 0 Å². The summed E-state index contributed by atoms with van der Waals surface area (Å²) in [6.07, 6.45) is 7.23. The van der Waals surface area contributed by atoms with E-state index in [4.69, 9.17) is 4.74 Å². The molecule has 0 radical (unpaired) electrons. The molecule has 6 nitrogen and oxygen atoms in total. The molecule has 28 heavy (non-hydrogen) atoms. The Bertz CT molecular complexity index is 822. The maximum Gasteiger partial charge on any atom is 0.266 e. The topological polar surface area (TPSA) is 73.2 Å². The molecule has 1 amide bonds. The molecule has 0 atom stereocenters. The average Bonchev–Trinajstić information content (AvgIpc) is 2.97. The lowest BCUT2D eigenvalue weighted by Gasteiger charge is -2.16. The summed E-state index contributed by atoms with van der Waals surface area (Å²) in [5, 5.41) is 7.55. The van der Waals surface area contributed by atoms with Gasteiger partial charge in [0.2, 0.25) is 5.91 Å². The van der Waals surface area contributed by atoms with E-state index in [1.807, 2.05) is 31.2 Å². The second kappa shape index (κ2) is 10.1. The summed E-state index contributed by atoms with van der Waals surface area (Å²) in [7, 11) is 0. The Morgan fingerprint density at radius 3 is 2.50 bits per heavy atom. The Labute approximate surface area is 165 Å². The van der Waals surface area contributed by atoms with Crippen LogP contribution in [0, 0.1) is 0 Å². The zero-order chi connectivity index (χ0) is 19.8. The van der Waals surface area contributed by atoms with Crippen LogP contribution in [0.15, 0.2) is 41.2 Å². The maximum absolute atomic E-state index is 12.3. The molecule has 1 aromatic carbocycles. The van der Waals surface area contributed by atoms with Crippen molar-refractivity contribution < 1.29 is 9.53 Å². The third-order valence-corrected chi connectivity index (χ3v) is 5.10. The molecular weight excluding hydrogens is 354 g/mol. The molecule has 3 rings (SSSR count). The molecule has 0 bridgehead atoms. The monoisotopic (exact) mass is 383 g/mol. The second-order valence-corrected chi connectivity index (χ2v) is 7.24. The molecule has 6 heteroatoms. The standard InChI is InChI=1S/C22H29N3O3/c1-2-28-19-11-9-17(10-12-19)20-13-14-22(27)25(24-20)16-15-21(26)23-18-7-5-3-4-6-8-18/h9-14,18H,2-8,15-16H2,1H3,(H,23,26). The summed E-state index contributed by atoms with van der Waals surface area (Å²) in [5.41, 5.74) is 1.41. The predicted molar refractivity (Wildman–Crippen MR) is 109 cm³/mol. The number of aryl methyl sites for hydroxylation is 1. The first-order valence-corrected chi connectivity index (χ1v) is 10.3. The summed E-state index contributed by atoms with van der Waals surface area (Å²) < 4.78 is 6.83. The molecule has 1 aliphatic rings. The highest BCUT2D eigenvalue weighted by Gasteiger charge is 2.15. The fraction of sp³-hybridized carbons (Fsp3) is 0.500. The van der Waals surface area contributed by atoms with Crippen molar-refractivity contribution in [3.63, 3.8) is 0 Å². The van der Waals surface area contributed by atoms with Crippen molar-refractivity contribution in [2.75, 3.05) is 6.61 Å². The minimum atomic E-state index is -0.197. The molecule has 1 aliphatic carbocycles. The molecule has 2 aromatic rings. The highest BCUT2D eigenvalue weighted by atomic mass is 16.5. The number of amides is 1. The lowest BCUT2D eigenvalue weighted by atomic mass is 10.1. The first kappa shape index (κ1) is 20.1. The van der Waals surface area contributed by atoms with E-state index in [1.54, 1.807) is 6.07 Å². The number of ether oxygens (including phenoxy) is 1. The van der Waals surface area contributed by atoms with E-state index >= 15 is 0 Å². The average molecular weight is 383 g/mol. The van der Waals surface area contributed by atoms with Crippen molar-refractivity contribution >= 4 is 5.91 Å². The summed E-state index contributed by atoms with van der Waals surface area (Å²) in [4.78, 5) is 24.4. The van der Waals surface area contributed by atoms with E-state index in [-0.39, 0.29) is 30.5 Å². The van der Waals surface area contributed by atoms with Crippen molar-refractivity contribution in [2.45, 2.75) is 64.5 Å². The number of benzene rings is 1. The number of nitrogens with one attached hydrogen (secondary N) is 1. The number of carbonyl (C=O) groups is 1. The first-order chi connectivity index (χ1) is 13.7. The molecule has 1 heterocycles. The summed E-state index contributed by atoms with van der Waals surface area (Å²) in [6.45, 7) is 2.84. The van der Waals surface area contributed by atoms with Gasteiger partial charge in [0, 0.05) is 24.1 Å². The second-order valence-electron chi connectivity index (χ2n) is 7.24. The van der Waals surface area contributed by atoms with Crippen LogP contribution >= 0.6 is 0 Å². The van der Waals surface area contributed by atoms with Gasteiger partial charge in [-0.05, 0) is 50.1 Å². The van der Waals surface area contributed by atoms with Crippen molar-refractivity contribution in [1.29, 1.82) is 0 Å². The molecule has 0 saturated heterocycles. The van der Waals surface area contributed by atoms with E-state index in [1.165, 1.54) is 36.4 Å². The number of hydrogen-bond acceptors (Lipinski definition) is 4. The van der Waals surface area contributed by atoms with Gasteiger partial charge in [0.05, 0.1) is 18.8 Å². The van der Waals surface area contributed by atoms with Crippen molar-refractivity contribution in [2.24, 2.45) is 0 Å². The molecule has 1 N–H and O–H groups in total. The predicted octanol–water partition coefficient (Wildman–Crippen LogP) is 3.54. The van der Waals surface area contributed by atoms with E-state index < -0.39 is 0 Å². The molecular formula is C22H29N3O3. The number of rotatable bonds is 7. The minimum Gasteiger partial charge on any atom is -0.494 e. The molecule has 0 aliphatic heterocycles. The normalized spacial score (nSPS) is 15.0. The fourth-order valence-electron chi connectivity index (χ4n) is 3.58. The zero-order valence-electron chi connectivity index (χ0n) is 16.5. The van der Waals surface area contributed by atoms with Gasteiger partial charge in [-0.2, -0.15) is 5.10 Å². The first-order valence-electron chi connectivity index (χ1n) is 10.3. The maximum atomic E-state index is 12.3. The van der Waals surface area contributed by atoms with Crippen LogP contribution in [0.3, 0.4) is 0 Å². The van der Waals surface area contributed by atoms with Gasteiger partial charge in [0.1, 0.15) is 5.75 Å². The van der Waals surface area contributed by atoms with E-state index in [0.29, 0.717) is 12.3 Å². The number of hydrogen-bond donors (Lipinski definition) is 1. The number of aromatic nitrogens is 2. The number of carbonyl (C=O) groups excluding carboxylic acids is 1. The van der Waals surface area contributed by atoms with Gasteiger partial charge in [0.25, 0.3) is 5.56 Å². The lowest BCUT2D eigenvalue weighted by molar-refractivity contribution is -0.122. The van der Waals surface area contributed by atoms with Crippen LogP contribution in [0.4, 0.5) is 0 Å². The smallest absolute Gasteiger partial charge is 0.266 e. The van der Waals surface area contributed by atoms with Gasteiger partial charge in [0.15, 0.2) is 0 Å². The van der Waals surface area contributed by atoms with Gasteiger partial charge in [-0.1, -0.05) is 25.7 Å². The van der Waals surface area contributed by atoms with Crippen LogP contribution in [0.25, 0.3) is 11.3 Å². The molecule has 1 fully saturated rings. The molecule has 1 saturated carbocycles. The van der Waals surface area contributed by atoms with Crippen molar-refractivity contribution in [1.82, 2.24) is 15.1 Å². The van der Waals surface area contributed by atoms with E-state index in [2.05, 4.69) is 10.4 Å². The van der Waals surface area contributed by atoms with Gasteiger partial charge in [-0.15, -0.1) is 0 Å². The zero-order valence-corrected chi connectivity index (χ0v) is 16.5. The summed E-state index contributed by atoms with van der Waals surface area (Å²) >= 11 is 0. The highest BCUT2D eigenvalue weighted by molar-refractivity contribution is 5.76. The van der Waals surface area contributed by atoms with Crippen LogP contribution in [-0.4, -0.2) is 28.3 Å². The Morgan fingerprint density at radius 1 is 1.11 bits per heavy atom. The Kier molecular flexibility index (Phi) is 7.23. The number of nitrogens with zero attached hydrogens (tertiary/aromatic N) is 2. The fourth-order valence-corrected chi connectivity index (χ4v) is 3.58. The highest BCUT2D eigenvalue weighted by Crippen LogP contribution is 2.20. The SMILES string of the molecule is CCOc1ccc(-c2ccc(=O)n(CCC(=O)NC3CCCCCC3)n2)cc1. The van der Waals surface area contributed by atoms with Gasteiger partial charge in [-0.3, -0.25) is 9.59 Å². The molecule has 150 valence electrons. The molecule has 0 unspecified atom stereocenters. The molecule has 1 aromatic heterocycles. The van der Waals surface area contributed by atoms with Crippen LogP contribution in [0.2, 0.25) is 0 Å². The Balaban J connectivity index is 1.61. The summed E-state index contributed by atoms with van der Waals surface area (Å²) in [6, 6.07) is 11.1. The van der Waals surface area contributed by atoms with Crippen molar-refractivity contribution in [3.8, 4) is 17.0 Å². The van der Waals surface area contributed by atoms with Crippen LogP contribution in [0.1, 0.15) is 51.9 Å². The lowest BCUT2D eigenvalue weighted by Crippen LogP contribution is -2.35. The Morgan fingerprint density at radius 2 is 1.82 bits per heavy atom. The Hall–Kier alpha value is -2.63. The van der Waals surface area contributed by atoms with Crippen LogP contribution in [-0.2, 0) is 11.3 Å². The van der Waals surface area contributed by atoms with Crippen molar-refractivity contribution in [3.05, 3.63) is 46.8 Å². The minimum absolute atomic E-state index is 0.00734. The van der Waals surface area contributed by atoms with Crippen LogP contribution in [0.5, 0.6) is 5.75 Å².